The number of nitrogens with one attached hydrogen (secondary N) is 1. The molecule has 3 atom stereocenters. The Balaban J connectivity index is 1.39. The molecule has 0 radical (unpaired) electrons. The predicted molar refractivity (Wildman–Crippen MR) is 153 cm³/mol. The van der Waals surface area contributed by atoms with Crippen LogP contribution in [0.2, 0.25) is 0 Å². The van der Waals surface area contributed by atoms with E-state index >= 15 is 0 Å². The molecule has 0 saturated carbocycles. The average molecular weight is 573 g/mol. The molecule has 6 rings (SSSR count). The first-order valence-electron chi connectivity index (χ1n) is 12.5. The van der Waals surface area contributed by atoms with Gasteiger partial charge in [0.15, 0.2) is 0 Å². The summed E-state index contributed by atoms with van der Waals surface area (Å²) in [4.78, 5) is 59.8. The predicted octanol–water partition coefficient (Wildman–Crippen LogP) is 4.06. The fraction of sp³-hybridized carbons (Fsp3) is 0.207. The van der Waals surface area contributed by atoms with E-state index in [9.17, 15) is 19.2 Å². The van der Waals surface area contributed by atoms with Crippen molar-refractivity contribution in [1.82, 2.24) is 9.55 Å². The van der Waals surface area contributed by atoms with Crippen LogP contribution in [0.1, 0.15) is 21.9 Å². The largest absolute Gasteiger partial charge is 0.497 e. The standard InChI is InChI=1S/C29H24N4O5S2/c1-16-6-3-4-8-20(16)31-21(34)15-32-28-25(40-29(32)37)22(17-7-5-13-30-14-17)23-24(39-28)27(36)33(26(23)35)18-9-11-19(38-2)12-10-18/h3-14,22-24H,15H2,1-2H3,(H,31,34). The number of rotatable bonds is 6. The van der Waals surface area contributed by atoms with Crippen molar-refractivity contribution in [2.24, 2.45) is 5.92 Å². The number of hydrogen-bond donors (Lipinski definition) is 1. The van der Waals surface area contributed by atoms with E-state index in [1.54, 1.807) is 55.9 Å². The number of aromatic nitrogens is 2. The molecule has 0 aliphatic carbocycles. The van der Waals surface area contributed by atoms with E-state index in [1.165, 1.54) is 21.2 Å². The zero-order chi connectivity index (χ0) is 28.0. The highest BCUT2D eigenvalue weighted by molar-refractivity contribution is 8.00. The molecule has 0 bridgehead atoms. The van der Waals surface area contributed by atoms with Crippen molar-refractivity contribution in [1.29, 1.82) is 0 Å². The Kier molecular flexibility index (Phi) is 6.77. The van der Waals surface area contributed by atoms with Crippen LogP contribution < -0.4 is 19.8 Å². The van der Waals surface area contributed by atoms with Crippen molar-refractivity contribution in [3.63, 3.8) is 0 Å². The minimum atomic E-state index is -0.771. The third-order valence-electron chi connectivity index (χ3n) is 7.14. The average Bonchev–Trinajstić information content (AvgIpc) is 3.41. The number of methoxy groups -OCH3 is 1. The van der Waals surface area contributed by atoms with Gasteiger partial charge in [0, 0.05) is 28.9 Å². The number of amides is 3. The lowest BCUT2D eigenvalue weighted by Gasteiger charge is -2.30. The van der Waals surface area contributed by atoms with Crippen LogP contribution >= 0.6 is 23.1 Å². The van der Waals surface area contributed by atoms with Gasteiger partial charge in [-0.15, -0.1) is 0 Å². The van der Waals surface area contributed by atoms with Gasteiger partial charge >= 0.3 is 4.87 Å². The summed E-state index contributed by atoms with van der Waals surface area (Å²) in [5.41, 5.74) is 2.75. The second kappa shape index (κ2) is 10.4. The van der Waals surface area contributed by atoms with Gasteiger partial charge in [-0.25, -0.2) is 4.90 Å². The third-order valence-corrected chi connectivity index (χ3v) is 9.75. The van der Waals surface area contributed by atoms with Gasteiger partial charge in [0.05, 0.1) is 23.7 Å². The molecule has 2 aliphatic rings. The molecule has 202 valence electrons. The number of ether oxygens (including phenoxy) is 1. The molecule has 2 aliphatic heterocycles. The molecule has 1 N–H and O–H groups in total. The second-order valence-corrected chi connectivity index (χ2v) is 11.6. The minimum absolute atomic E-state index is 0.215. The SMILES string of the molecule is COc1ccc(N2C(=O)C3Sc4c(sc(=O)n4CC(=O)Nc4ccccc4C)C(c4cccnc4)C3C2=O)cc1. The zero-order valence-electron chi connectivity index (χ0n) is 21.6. The smallest absolute Gasteiger partial charge is 0.308 e. The number of benzene rings is 2. The number of anilines is 2. The number of hydrogen-bond acceptors (Lipinski definition) is 8. The number of para-hydroxylation sites is 1. The first kappa shape index (κ1) is 26.0. The van der Waals surface area contributed by atoms with Gasteiger partial charge in [0.25, 0.3) is 0 Å². The second-order valence-electron chi connectivity index (χ2n) is 9.52. The Labute approximate surface area is 237 Å². The maximum atomic E-state index is 13.9. The highest BCUT2D eigenvalue weighted by atomic mass is 32.2. The fourth-order valence-corrected chi connectivity index (χ4v) is 7.98. The number of pyridine rings is 1. The highest BCUT2D eigenvalue weighted by Crippen LogP contribution is 2.53. The summed E-state index contributed by atoms with van der Waals surface area (Å²) >= 11 is 2.18. The number of fused-ring (bicyclic) bond motifs is 2. The van der Waals surface area contributed by atoms with E-state index in [0.717, 1.165) is 22.5 Å². The van der Waals surface area contributed by atoms with Crippen molar-refractivity contribution in [3.05, 3.63) is 98.7 Å². The summed E-state index contributed by atoms with van der Waals surface area (Å²) in [6, 6.07) is 17.8. The molecule has 4 heterocycles. The van der Waals surface area contributed by atoms with E-state index in [2.05, 4.69) is 10.3 Å². The maximum Gasteiger partial charge on any atom is 0.308 e. The van der Waals surface area contributed by atoms with Crippen LogP contribution in [0, 0.1) is 12.8 Å². The molecule has 11 heteroatoms. The normalized spacial score (nSPS) is 19.8. The molecule has 3 amide bonds. The Morgan fingerprint density at radius 3 is 2.50 bits per heavy atom. The molecule has 1 fully saturated rings. The lowest BCUT2D eigenvalue weighted by molar-refractivity contribution is -0.122. The molecule has 9 nitrogen and oxygen atoms in total. The van der Waals surface area contributed by atoms with E-state index in [4.69, 9.17) is 4.74 Å². The summed E-state index contributed by atoms with van der Waals surface area (Å²) in [5.74, 6) is -1.74. The third kappa shape index (κ3) is 4.40. The lowest BCUT2D eigenvalue weighted by Crippen LogP contribution is -2.33. The van der Waals surface area contributed by atoms with E-state index < -0.39 is 17.1 Å². The Morgan fingerprint density at radius 1 is 1.02 bits per heavy atom. The Bertz CT molecular complexity index is 1680. The summed E-state index contributed by atoms with van der Waals surface area (Å²) in [5, 5.41) is 2.63. The van der Waals surface area contributed by atoms with Crippen LogP contribution in [0.4, 0.5) is 11.4 Å². The fourth-order valence-electron chi connectivity index (χ4n) is 5.21. The number of thioether (sulfide) groups is 1. The van der Waals surface area contributed by atoms with Crippen LogP contribution in [-0.4, -0.2) is 39.6 Å². The number of nitrogens with zero attached hydrogens (tertiary/aromatic N) is 3. The van der Waals surface area contributed by atoms with E-state index in [0.29, 0.717) is 27.0 Å². The first-order valence-corrected chi connectivity index (χ1v) is 14.2. The van der Waals surface area contributed by atoms with E-state index in [1.807, 2.05) is 31.2 Å². The molecule has 4 aromatic rings. The van der Waals surface area contributed by atoms with Gasteiger partial charge in [-0.1, -0.05) is 47.4 Å². The Hall–Kier alpha value is -4.22. The molecular weight excluding hydrogens is 548 g/mol. The summed E-state index contributed by atoms with van der Waals surface area (Å²) in [7, 11) is 1.55. The van der Waals surface area contributed by atoms with Gasteiger partial charge in [0.1, 0.15) is 17.5 Å². The first-order chi connectivity index (χ1) is 19.4. The molecule has 40 heavy (non-hydrogen) atoms. The molecule has 2 aromatic carbocycles. The van der Waals surface area contributed by atoms with Crippen molar-refractivity contribution in [2.75, 3.05) is 17.3 Å². The van der Waals surface area contributed by atoms with Crippen molar-refractivity contribution >= 4 is 52.2 Å². The molecule has 0 spiro atoms. The molecule has 2 aromatic heterocycles. The molecular formula is C29H24N4O5S2. The maximum absolute atomic E-state index is 13.9. The van der Waals surface area contributed by atoms with Crippen LogP contribution in [0.25, 0.3) is 0 Å². The molecule has 1 saturated heterocycles. The monoisotopic (exact) mass is 572 g/mol. The van der Waals surface area contributed by atoms with E-state index in [-0.39, 0.29) is 29.1 Å². The zero-order valence-corrected chi connectivity index (χ0v) is 23.2. The number of carbonyl (C=O) groups is 3. The number of imide groups is 1. The minimum Gasteiger partial charge on any atom is -0.497 e. The number of thiazole rings is 1. The van der Waals surface area contributed by atoms with Crippen molar-refractivity contribution in [2.45, 2.75) is 29.7 Å². The van der Waals surface area contributed by atoms with Crippen LogP contribution in [0.15, 0.2) is 82.9 Å². The van der Waals surface area contributed by atoms with Crippen molar-refractivity contribution in [3.8, 4) is 5.75 Å². The highest BCUT2D eigenvalue weighted by Gasteiger charge is 2.56. The van der Waals surface area contributed by atoms with Gasteiger partial charge < -0.3 is 10.1 Å². The topological polar surface area (TPSA) is 111 Å². The summed E-state index contributed by atoms with van der Waals surface area (Å²) in [6.45, 7) is 1.67. The summed E-state index contributed by atoms with van der Waals surface area (Å²) < 4.78 is 6.63. The quantitative estimate of drug-likeness (QED) is 0.347. The van der Waals surface area contributed by atoms with Crippen LogP contribution in [0.3, 0.4) is 0 Å². The van der Waals surface area contributed by atoms with Gasteiger partial charge in [0.2, 0.25) is 17.7 Å². The van der Waals surface area contributed by atoms with Gasteiger partial charge in [-0.05, 0) is 54.4 Å². The Morgan fingerprint density at radius 2 is 1.80 bits per heavy atom. The van der Waals surface area contributed by atoms with Gasteiger partial charge in [-0.3, -0.25) is 28.7 Å². The summed E-state index contributed by atoms with van der Waals surface area (Å²) in [6.07, 6.45) is 3.29. The van der Waals surface area contributed by atoms with Crippen LogP contribution in [-0.2, 0) is 20.9 Å². The lowest BCUT2D eigenvalue weighted by atomic mass is 9.84. The van der Waals surface area contributed by atoms with Crippen LogP contribution in [0.5, 0.6) is 5.75 Å². The number of carbonyl (C=O) groups excluding carboxylic acids is 3. The number of aryl methyl sites for hydroxylation is 1. The molecule has 3 unspecified atom stereocenters. The van der Waals surface area contributed by atoms with Crippen molar-refractivity contribution < 1.29 is 19.1 Å². The van der Waals surface area contributed by atoms with Gasteiger partial charge in [-0.2, -0.15) is 0 Å².